The van der Waals surface area contributed by atoms with Crippen LogP contribution < -0.4 is 43.4 Å². The average molecular weight is 959 g/mol. The summed E-state index contributed by atoms with van der Waals surface area (Å²) in [7, 11) is 1.48. The summed E-state index contributed by atoms with van der Waals surface area (Å²) in [6.07, 6.45) is 2.42. The second-order valence-electron chi connectivity index (χ2n) is 14.4. The Morgan fingerprint density at radius 3 is 1.66 bits per heavy atom. The van der Waals surface area contributed by atoms with Crippen LogP contribution in [0.2, 0.25) is 0 Å². The molecule has 0 bridgehead atoms. The molecule has 0 heterocycles. The van der Waals surface area contributed by atoms with Crippen LogP contribution in [-0.2, 0) is 63.9 Å². The topological polar surface area (TPSA) is 324 Å². The zero-order chi connectivity index (χ0) is 52.0. The van der Waals surface area contributed by atoms with Crippen LogP contribution in [0.15, 0.2) is 18.2 Å². The Morgan fingerprint density at radius 1 is 0.716 bits per heavy atom. The van der Waals surface area contributed by atoms with Gasteiger partial charge in [0.05, 0.1) is 71.9 Å². The summed E-state index contributed by atoms with van der Waals surface area (Å²) >= 11 is 0. The van der Waals surface area contributed by atoms with Gasteiger partial charge in [0.25, 0.3) is 5.91 Å². The third-order valence-electron chi connectivity index (χ3n) is 7.97. The van der Waals surface area contributed by atoms with Crippen molar-refractivity contribution in [3.8, 4) is 0 Å². The molecule has 386 valence electrons. The van der Waals surface area contributed by atoms with Gasteiger partial charge in [-0.3, -0.25) is 38.4 Å². The monoisotopic (exact) mass is 959 g/mol. The number of ketones is 1. The molecule has 22 nitrogen and oxygen atoms in total. The standard InChI is InChI=1S/C20H38N2O7.C16H21N3O5.C4H10N2O.C3H7NO.C2H6/c1-16(2)18(4)22-20(25)15-21-19(24)6-8-27-10-12-29-14-13-28-11-9-26-7-5-17(3)23;1-10(2)16(23)24-8-11-4-5-12(6-13(11)15(22)17-3)19-14(21)7-18-9-20;1-2-3-6-4(5)7;1-2-3(4)5;1-2/h16,18H,5-15H2,1-4H3,(H,21,24)(H,22,25);4-6,9-10H,7-8H2,1-3H3,(H,17,22)(H,18,20)(H,19,21);2-3H2,1H3,(H3,5,6,7);2H2,1H3,(H2,4,5);1-2H3. The Morgan fingerprint density at radius 2 is 1.24 bits per heavy atom. The number of nitrogens with one attached hydrogen (secondary N) is 6. The van der Waals surface area contributed by atoms with E-state index in [-0.39, 0.29) is 85.6 Å². The second-order valence-corrected chi connectivity index (χ2v) is 14.4. The van der Waals surface area contributed by atoms with Crippen LogP contribution in [0.4, 0.5) is 10.5 Å². The number of primary amides is 2. The highest BCUT2D eigenvalue weighted by molar-refractivity contribution is 5.99. The van der Waals surface area contributed by atoms with Crippen molar-refractivity contribution in [1.29, 1.82) is 0 Å². The summed E-state index contributed by atoms with van der Waals surface area (Å²) in [5.41, 5.74) is 10.6. The number of amides is 8. The van der Waals surface area contributed by atoms with Gasteiger partial charge < -0.3 is 67.1 Å². The van der Waals surface area contributed by atoms with Crippen molar-refractivity contribution in [1.82, 2.24) is 26.6 Å². The zero-order valence-electron chi connectivity index (χ0n) is 41.7. The molecule has 0 spiro atoms. The Kier molecular flexibility index (Phi) is 47.4. The molecule has 22 heteroatoms. The minimum Gasteiger partial charge on any atom is -0.461 e. The number of nitrogens with two attached hydrogens (primary N) is 2. The molecule has 0 saturated carbocycles. The van der Waals surface area contributed by atoms with Gasteiger partial charge in [0.2, 0.25) is 30.0 Å². The Hall–Kier alpha value is -5.71. The summed E-state index contributed by atoms with van der Waals surface area (Å²) in [6, 6.07) is 4.29. The van der Waals surface area contributed by atoms with Crippen molar-refractivity contribution in [3.63, 3.8) is 0 Å². The van der Waals surface area contributed by atoms with Gasteiger partial charge in [-0.05, 0) is 38.3 Å². The van der Waals surface area contributed by atoms with Crippen molar-refractivity contribution < 1.29 is 66.8 Å². The average Bonchev–Trinajstić information content (AvgIpc) is 3.29. The van der Waals surface area contributed by atoms with Gasteiger partial charge >= 0.3 is 12.0 Å². The fraction of sp³-hybridized carbons (Fsp3) is 0.667. The molecule has 67 heavy (non-hydrogen) atoms. The van der Waals surface area contributed by atoms with Crippen LogP contribution in [0, 0.1) is 11.8 Å². The number of Topliss-reactive ketones (excluding diaryl/α,β-unsaturated/α-hetero) is 1. The molecule has 0 fully saturated rings. The number of hydrogen-bond acceptors (Lipinski definition) is 14. The fourth-order valence-corrected chi connectivity index (χ4v) is 3.91. The lowest BCUT2D eigenvalue weighted by Gasteiger charge is -2.17. The van der Waals surface area contributed by atoms with Gasteiger partial charge in [-0.25, -0.2) is 4.79 Å². The molecule has 0 radical (unpaired) electrons. The van der Waals surface area contributed by atoms with E-state index >= 15 is 0 Å². The van der Waals surface area contributed by atoms with Crippen LogP contribution in [-0.4, -0.2) is 139 Å². The molecule has 8 amide bonds. The highest BCUT2D eigenvalue weighted by Crippen LogP contribution is 2.18. The number of hydrogen-bond donors (Lipinski definition) is 8. The normalized spacial score (nSPS) is 10.3. The summed E-state index contributed by atoms with van der Waals surface area (Å²) in [4.78, 5) is 98.8. The zero-order valence-corrected chi connectivity index (χ0v) is 41.7. The van der Waals surface area contributed by atoms with E-state index < -0.39 is 11.9 Å². The van der Waals surface area contributed by atoms with E-state index in [0.717, 1.165) is 6.42 Å². The van der Waals surface area contributed by atoms with Gasteiger partial charge in [-0.2, -0.15) is 0 Å². The first-order chi connectivity index (χ1) is 31.7. The van der Waals surface area contributed by atoms with Gasteiger partial charge in [0, 0.05) is 55.7 Å². The van der Waals surface area contributed by atoms with E-state index in [4.69, 9.17) is 29.4 Å². The second kappa shape index (κ2) is 46.8. The molecular formula is C45H82N8O14. The maximum atomic E-state index is 12.0. The van der Waals surface area contributed by atoms with Crippen LogP contribution in [0.5, 0.6) is 0 Å². The maximum Gasteiger partial charge on any atom is 0.312 e. The highest BCUT2D eigenvalue weighted by Gasteiger charge is 2.16. The van der Waals surface area contributed by atoms with Crippen molar-refractivity contribution in [2.75, 3.05) is 84.9 Å². The van der Waals surface area contributed by atoms with Crippen molar-refractivity contribution >= 4 is 59.4 Å². The Labute approximate surface area is 397 Å². The van der Waals surface area contributed by atoms with Gasteiger partial charge in [-0.1, -0.05) is 61.5 Å². The number of carbonyl (C=O) groups excluding carboxylic acids is 9. The molecule has 1 atom stereocenters. The number of rotatable bonds is 30. The van der Waals surface area contributed by atoms with Crippen LogP contribution >= 0.6 is 0 Å². The number of benzene rings is 1. The van der Waals surface area contributed by atoms with Crippen LogP contribution in [0.25, 0.3) is 0 Å². The van der Waals surface area contributed by atoms with Gasteiger partial charge in [-0.15, -0.1) is 0 Å². The maximum absolute atomic E-state index is 12.0. The van der Waals surface area contributed by atoms with Crippen molar-refractivity contribution in [2.24, 2.45) is 23.3 Å². The largest absolute Gasteiger partial charge is 0.461 e. The minimum atomic E-state index is -0.443. The highest BCUT2D eigenvalue weighted by atomic mass is 16.6. The molecule has 0 saturated heterocycles. The van der Waals surface area contributed by atoms with Crippen molar-refractivity contribution in [3.05, 3.63) is 29.3 Å². The number of urea groups is 1. The van der Waals surface area contributed by atoms with Crippen LogP contribution in [0.3, 0.4) is 0 Å². The third-order valence-corrected chi connectivity index (χ3v) is 7.97. The number of esters is 1. The number of ether oxygens (including phenoxy) is 5. The fourth-order valence-electron chi connectivity index (χ4n) is 3.91. The summed E-state index contributed by atoms with van der Waals surface area (Å²) in [5.74, 6) is -1.64. The molecule has 0 aliphatic heterocycles. The van der Waals surface area contributed by atoms with E-state index in [1.807, 2.05) is 41.5 Å². The van der Waals surface area contributed by atoms with E-state index in [0.29, 0.717) is 89.2 Å². The van der Waals surface area contributed by atoms with Gasteiger partial charge in [0.15, 0.2) is 0 Å². The third kappa shape index (κ3) is 46.6. The molecule has 1 aromatic rings. The quantitative estimate of drug-likeness (QED) is 0.0311. The lowest BCUT2D eigenvalue weighted by Crippen LogP contribution is -2.42. The van der Waals surface area contributed by atoms with E-state index in [1.165, 1.54) is 20.0 Å². The molecule has 0 aliphatic rings. The minimum absolute atomic E-state index is 0.0270. The predicted molar refractivity (Wildman–Crippen MR) is 255 cm³/mol. The molecular weight excluding hydrogens is 877 g/mol. The van der Waals surface area contributed by atoms with Crippen molar-refractivity contribution in [2.45, 2.75) is 108 Å². The summed E-state index contributed by atoms with van der Waals surface area (Å²) in [5, 5.41) is 15.1. The first-order valence-electron chi connectivity index (χ1n) is 22.4. The van der Waals surface area contributed by atoms with E-state index in [9.17, 15) is 43.2 Å². The molecule has 1 aromatic carbocycles. The van der Waals surface area contributed by atoms with E-state index in [2.05, 4.69) is 37.6 Å². The van der Waals surface area contributed by atoms with E-state index in [1.54, 1.807) is 32.9 Å². The molecule has 0 aliphatic carbocycles. The first-order valence-corrected chi connectivity index (χ1v) is 22.4. The summed E-state index contributed by atoms with van der Waals surface area (Å²) in [6.45, 7) is 22.4. The molecule has 1 rings (SSSR count). The van der Waals surface area contributed by atoms with Gasteiger partial charge in [0.1, 0.15) is 12.4 Å². The molecule has 0 aromatic heterocycles. The Bertz CT molecular complexity index is 1550. The summed E-state index contributed by atoms with van der Waals surface area (Å²) < 4.78 is 26.4. The first kappa shape index (κ1) is 67.9. The number of carbonyl (C=O) groups is 9. The molecule has 1 unspecified atom stereocenters. The SMILES string of the molecule is CC.CC(=O)CCOCCOCCOCCOCCC(=O)NCC(=O)NC(C)C(C)C.CCC(N)=O.CCCNC(N)=O.CNC(=O)c1cc(NC(=O)CNC=O)ccc1COC(=O)C(C)C. The number of anilines is 1. The molecule has 10 N–H and O–H groups in total. The Balaban J connectivity index is -0.000000465. The lowest BCUT2D eigenvalue weighted by molar-refractivity contribution is -0.148. The van der Waals surface area contributed by atoms with Crippen LogP contribution in [0.1, 0.15) is 111 Å². The lowest BCUT2D eigenvalue weighted by atomic mass is 10.1. The smallest absolute Gasteiger partial charge is 0.312 e. The predicted octanol–water partition coefficient (Wildman–Crippen LogP) is 2.10.